The van der Waals surface area contributed by atoms with Crippen molar-refractivity contribution in [1.82, 2.24) is 49.6 Å². The van der Waals surface area contributed by atoms with Gasteiger partial charge in [0.1, 0.15) is 17.2 Å². The molecule has 0 fully saturated rings. The van der Waals surface area contributed by atoms with E-state index < -0.39 is 5.20 Å². The van der Waals surface area contributed by atoms with Crippen LogP contribution in [-0.4, -0.2) is 59.8 Å². The zero-order valence-electron chi connectivity index (χ0n) is 22.2. The monoisotopic (exact) mass is 684 g/mol. The molecule has 0 saturated carbocycles. The van der Waals surface area contributed by atoms with Gasteiger partial charge in [-0.3, -0.25) is 14.3 Å². The number of H-pyrrole nitrogens is 1. The highest BCUT2D eigenvalue weighted by Crippen LogP contribution is 2.61. The number of aromatic amines is 1. The van der Waals surface area contributed by atoms with Crippen LogP contribution >= 0.6 is 50.5 Å². The molecule has 224 valence electrons. The van der Waals surface area contributed by atoms with E-state index in [2.05, 4.69) is 74.3 Å². The number of benzene rings is 2. The van der Waals surface area contributed by atoms with E-state index in [-0.39, 0.29) is 17.1 Å². The topological polar surface area (TPSA) is 189 Å². The molecule has 0 unspecified atom stereocenters. The van der Waals surface area contributed by atoms with Gasteiger partial charge in [-0.2, -0.15) is 24.2 Å². The van der Waals surface area contributed by atoms with E-state index in [9.17, 15) is 19.6 Å². The first kappa shape index (κ1) is 32.1. The Hall–Kier alpha value is -3.81. The second kappa shape index (κ2) is 13.7. The molecule has 19 heteroatoms. The lowest BCUT2D eigenvalue weighted by Crippen LogP contribution is -2.16. The van der Waals surface area contributed by atoms with Crippen molar-refractivity contribution in [2.45, 2.75) is 26.7 Å². The van der Waals surface area contributed by atoms with Crippen LogP contribution < -0.4 is 5.56 Å². The zero-order chi connectivity index (χ0) is 31.3. The number of nitrogens with zero attached hydrogens (tertiary/aromatic N) is 9. The number of rotatable bonds is 4. The van der Waals surface area contributed by atoms with E-state index in [0.717, 1.165) is 11.1 Å². The lowest BCUT2D eigenvalue weighted by molar-refractivity contribution is 0.474. The maximum Gasteiger partial charge on any atom is 0.339 e. The van der Waals surface area contributed by atoms with Gasteiger partial charge in [-0.25, -0.2) is 0 Å². The summed E-state index contributed by atoms with van der Waals surface area (Å²) < 4.78 is 12.6. The summed E-state index contributed by atoms with van der Waals surface area (Å²) in [7, 11) is 0. The molecule has 0 amide bonds. The fourth-order valence-electron chi connectivity index (χ4n) is 3.53. The van der Waals surface area contributed by atoms with Crippen molar-refractivity contribution in [3.63, 3.8) is 0 Å². The summed E-state index contributed by atoms with van der Waals surface area (Å²) >= 11 is 19.7. The minimum Gasteiger partial charge on any atom is -0.508 e. The quantitative estimate of drug-likeness (QED) is 0.212. The van der Waals surface area contributed by atoms with E-state index in [1.165, 1.54) is 4.52 Å². The molecule has 6 rings (SSSR count). The fourth-order valence-corrected chi connectivity index (χ4v) is 3.64. The first-order chi connectivity index (χ1) is 20.3. The van der Waals surface area contributed by atoms with Crippen LogP contribution in [0.2, 0.25) is 5.15 Å². The number of phenolic OH excluding ortho intramolecular Hbond substituents is 2. The Labute approximate surface area is 262 Å². The van der Waals surface area contributed by atoms with Crippen molar-refractivity contribution in [3.05, 3.63) is 98.2 Å². The Kier molecular flexibility index (Phi) is 10.2. The van der Waals surface area contributed by atoms with Gasteiger partial charge in [0.25, 0.3) is 17.1 Å². The van der Waals surface area contributed by atoms with Crippen molar-refractivity contribution in [3.8, 4) is 11.5 Å². The summed E-state index contributed by atoms with van der Waals surface area (Å²) in [6.07, 6.45) is 1.07. The molecule has 4 heterocycles. The van der Waals surface area contributed by atoms with Gasteiger partial charge in [0.05, 0.1) is 5.69 Å². The highest BCUT2D eigenvalue weighted by atomic mass is 36.0. The third kappa shape index (κ3) is 9.09. The molecule has 0 spiro atoms. The molecule has 0 aliphatic heterocycles. The van der Waals surface area contributed by atoms with Gasteiger partial charge in [0, 0.05) is 12.8 Å². The Bertz CT molecular complexity index is 1970. The van der Waals surface area contributed by atoms with Gasteiger partial charge in [-0.15, -0.1) is 20.4 Å². The lowest BCUT2D eigenvalue weighted by atomic mass is 10.1. The summed E-state index contributed by atoms with van der Waals surface area (Å²) in [5.41, 5.74) is 2.69. The molecular formula is C24H21Cl4N10O4P. The van der Waals surface area contributed by atoms with E-state index in [4.69, 9.17) is 11.6 Å². The largest absolute Gasteiger partial charge is 0.508 e. The molecule has 0 radical (unpaired) electrons. The van der Waals surface area contributed by atoms with Crippen LogP contribution in [-0.2, 0) is 17.4 Å². The highest BCUT2D eigenvalue weighted by Gasteiger charge is 2.12. The van der Waals surface area contributed by atoms with Gasteiger partial charge in [-0.1, -0.05) is 35.9 Å². The number of fused-ring (bicyclic) bond motifs is 2. The third-order valence-electron chi connectivity index (χ3n) is 5.54. The number of nitrogens with one attached hydrogen (secondary N) is 1. The van der Waals surface area contributed by atoms with Crippen LogP contribution in [0.5, 0.6) is 11.5 Å². The molecule has 3 N–H and O–H groups in total. The molecule has 43 heavy (non-hydrogen) atoms. The van der Waals surface area contributed by atoms with E-state index >= 15 is 0 Å². The number of hydrogen-bond acceptors (Lipinski definition) is 11. The van der Waals surface area contributed by atoms with E-state index in [1.807, 2.05) is 12.1 Å². The predicted molar refractivity (Wildman–Crippen MR) is 161 cm³/mol. The first-order valence-electron chi connectivity index (χ1n) is 12.1. The van der Waals surface area contributed by atoms with Crippen molar-refractivity contribution >= 4 is 62.1 Å². The van der Waals surface area contributed by atoms with E-state index in [1.54, 1.807) is 54.8 Å². The van der Waals surface area contributed by atoms with Crippen LogP contribution in [0.25, 0.3) is 11.6 Å². The average Bonchev–Trinajstić information content (AvgIpc) is 3.50. The number of phenols is 2. The van der Waals surface area contributed by atoms with Gasteiger partial charge >= 0.3 is 5.20 Å². The maximum absolute atomic E-state index is 11.4. The summed E-state index contributed by atoms with van der Waals surface area (Å²) in [5, 5.41) is 39.9. The SMILES string of the molecule is Cc1nn2c(Cc3ccc(O)cc3)nnc2[nH]c1=O.Cc1nn2c(Cc3ccc(O)cc3)nnc2nc1Cl.O=P(Cl)(Cl)Cl. The summed E-state index contributed by atoms with van der Waals surface area (Å²) in [6.45, 7) is 3.40. The van der Waals surface area contributed by atoms with Crippen molar-refractivity contribution in [1.29, 1.82) is 0 Å². The van der Waals surface area contributed by atoms with Crippen molar-refractivity contribution in [2.24, 2.45) is 0 Å². The number of aromatic nitrogens is 10. The van der Waals surface area contributed by atoms with Gasteiger partial charge < -0.3 is 10.2 Å². The first-order valence-corrected chi connectivity index (χ1v) is 16.9. The van der Waals surface area contributed by atoms with Crippen LogP contribution in [0.4, 0.5) is 0 Å². The molecule has 0 atom stereocenters. The molecule has 2 aromatic carbocycles. The Morgan fingerprint density at radius 1 is 0.767 bits per heavy atom. The summed E-state index contributed by atoms with van der Waals surface area (Å²) in [4.78, 5) is 18.1. The van der Waals surface area contributed by atoms with Crippen LogP contribution in [0.15, 0.2) is 53.3 Å². The normalized spacial score (nSPS) is 11.1. The van der Waals surface area contributed by atoms with Gasteiger partial charge in [-0.05, 0) is 83.0 Å². The number of hydrogen-bond donors (Lipinski definition) is 3. The third-order valence-corrected chi connectivity index (χ3v) is 5.90. The summed E-state index contributed by atoms with van der Waals surface area (Å²) in [6, 6.07) is 13.7. The molecule has 14 nitrogen and oxygen atoms in total. The smallest absolute Gasteiger partial charge is 0.339 e. The van der Waals surface area contributed by atoms with Gasteiger partial charge in [0.15, 0.2) is 16.8 Å². The Balaban J connectivity index is 0.000000171. The minimum atomic E-state index is -3.22. The summed E-state index contributed by atoms with van der Waals surface area (Å²) in [5.74, 6) is 2.45. The number of aryl methyl sites for hydroxylation is 2. The van der Waals surface area contributed by atoms with Gasteiger partial charge in [0.2, 0.25) is 0 Å². The van der Waals surface area contributed by atoms with Crippen LogP contribution in [0.1, 0.15) is 34.2 Å². The molecular weight excluding hydrogens is 665 g/mol. The number of halogens is 4. The maximum atomic E-state index is 11.4. The fraction of sp³-hybridized carbons (Fsp3) is 0.167. The Morgan fingerprint density at radius 3 is 1.77 bits per heavy atom. The number of aromatic hydroxyl groups is 2. The van der Waals surface area contributed by atoms with Crippen LogP contribution in [0, 0.1) is 13.8 Å². The molecule has 0 saturated heterocycles. The second-order valence-electron chi connectivity index (χ2n) is 8.79. The van der Waals surface area contributed by atoms with Crippen LogP contribution in [0.3, 0.4) is 0 Å². The minimum absolute atomic E-state index is 0.216. The zero-order valence-corrected chi connectivity index (χ0v) is 26.1. The highest BCUT2D eigenvalue weighted by molar-refractivity contribution is 8.24. The molecule has 6 aromatic rings. The lowest BCUT2D eigenvalue weighted by Gasteiger charge is -2.01. The molecule has 0 aliphatic rings. The predicted octanol–water partition coefficient (Wildman–Crippen LogP) is 5.01. The average molecular weight is 686 g/mol. The molecule has 4 aromatic heterocycles. The molecule has 0 bridgehead atoms. The standard InChI is InChI=1S/C12H10ClN5O.C12H11N5O2.Cl3OP/c1-7-11(13)14-12-16-15-10(18(12)17-7)6-8-2-4-9(19)5-3-8;1-7-11(19)13-12-15-14-10(17(12)16-7)6-8-2-4-9(18)5-3-8;1-5(2,3)4/h2-5,19H,6H2,1H3;2-5,18H,6H2,1H3,(H,13,15,19);. The second-order valence-corrected chi connectivity index (χ2v) is 15.8. The van der Waals surface area contributed by atoms with Crippen molar-refractivity contribution < 1.29 is 14.8 Å². The van der Waals surface area contributed by atoms with Crippen molar-refractivity contribution in [2.75, 3.05) is 0 Å². The Morgan fingerprint density at radius 2 is 1.23 bits per heavy atom. The van der Waals surface area contributed by atoms with E-state index in [0.29, 0.717) is 52.6 Å². The molecule has 0 aliphatic carbocycles.